The Morgan fingerprint density at radius 1 is 1.07 bits per heavy atom. The van der Waals surface area contributed by atoms with Crippen LogP contribution in [0.4, 0.5) is 0 Å². The van der Waals surface area contributed by atoms with Crippen molar-refractivity contribution >= 4 is 0 Å². The van der Waals surface area contributed by atoms with E-state index in [-0.39, 0.29) is 12.1 Å². The van der Waals surface area contributed by atoms with Crippen molar-refractivity contribution in [1.82, 2.24) is 5.32 Å². The third-order valence-corrected chi connectivity index (χ3v) is 3.61. The molecule has 1 saturated carbocycles. The molecule has 0 spiro atoms. The van der Waals surface area contributed by atoms with Gasteiger partial charge in [-0.1, -0.05) is 19.3 Å². The van der Waals surface area contributed by atoms with Crippen molar-refractivity contribution in [2.75, 3.05) is 0 Å². The highest BCUT2D eigenvalue weighted by molar-refractivity contribution is 4.79. The predicted molar refractivity (Wildman–Crippen MR) is 60.3 cm³/mol. The second kappa shape index (κ2) is 5.72. The van der Waals surface area contributed by atoms with Crippen molar-refractivity contribution in [3.63, 3.8) is 0 Å². The van der Waals surface area contributed by atoms with Crippen LogP contribution in [0.3, 0.4) is 0 Å². The lowest BCUT2D eigenvalue weighted by atomic mass is 9.84. The molecule has 1 aliphatic carbocycles. The summed E-state index contributed by atoms with van der Waals surface area (Å²) in [5.41, 5.74) is 0. The van der Waals surface area contributed by atoms with E-state index in [2.05, 4.69) is 19.2 Å². The van der Waals surface area contributed by atoms with Crippen LogP contribution in [0.2, 0.25) is 0 Å². The van der Waals surface area contributed by atoms with Crippen LogP contribution in [0.15, 0.2) is 0 Å². The first-order valence-electron chi connectivity index (χ1n) is 6.05. The number of rotatable bonds is 4. The lowest BCUT2D eigenvalue weighted by Crippen LogP contribution is -2.44. The van der Waals surface area contributed by atoms with Crippen LogP contribution in [0.25, 0.3) is 0 Å². The van der Waals surface area contributed by atoms with Crippen LogP contribution in [-0.4, -0.2) is 23.3 Å². The predicted octanol–water partition coefficient (Wildman–Crippen LogP) is 2.31. The molecule has 0 aromatic carbocycles. The second-order valence-corrected chi connectivity index (χ2v) is 4.88. The van der Waals surface area contributed by atoms with Crippen LogP contribution in [0.1, 0.15) is 52.9 Å². The quantitative estimate of drug-likeness (QED) is 0.728. The highest BCUT2D eigenvalue weighted by atomic mass is 16.3. The summed E-state index contributed by atoms with van der Waals surface area (Å²) in [6, 6.07) is 0.770. The normalized spacial score (nSPS) is 25.7. The summed E-state index contributed by atoms with van der Waals surface area (Å²) in [7, 11) is 0. The van der Waals surface area contributed by atoms with E-state index in [9.17, 15) is 5.11 Å². The van der Waals surface area contributed by atoms with E-state index in [0.29, 0.717) is 6.04 Å². The van der Waals surface area contributed by atoms with Gasteiger partial charge in [0.1, 0.15) is 0 Å². The molecule has 0 aliphatic heterocycles. The Labute approximate surface area is 88.1 Å². The van der Waals surface area contributed by atoms with E-state index in [4.69, 9.17) is 0 Å². The molecule has 2 nitrogen and oxygen atoms in total. The van der Waals surface area contributed by atoms with Crippen molar-refractivity contribution in [2.45, 2.75) is 71.1 Å². The van der Waals surface area contributed by atoms with Crippen LogP contribution < -0.4 is 5.32 Å². The largest absolute Gasteiger partial charge is 0.392 e. The minimum atomic E-state index is -0.249. The van der Waals surface area contributed by atoms with Crippen molar-refractivity contribution < 1.29 is 5.11 Å². The Kier molecular flexibility index (Phi) is 4.90. The lowest BCUT2D eigenvalue weighted by Gasteiger charge is -2.31. The lowest BCUT2D eigenvalue weighted by molar-refractivity contribution is 0.135. The van der Waals surface area contributed by atoms with Gasteiger partial charge >= 0.3 is 0 Å². The molecule has 84 valence electrons. The molecule has 0 radical (unpaired) electrons. The van der Waals surface area contributed by atoms with Gasteiger partial charge in [-0.05, 0) is 39.5 Å². The Morgan fingerprint density at radius 2 is 1.64 bits per heavy atom. The summed E-state index contributed by atoms with van der Waals surface area (Å²) in [6.45, 7) is 6.17. The fourth-order valence-corrected chi connectivity index (χ4v) is 2.32. The molecule has 0 saturated heterocycles. The molecular formula is C12H25NO. The molecule has 0 amide bonds. The number of aliphatic hydroxyl groups is 1. The summed E-state index contributed by atoms with van der Waals surface area (Å²) in [6.07, 6.45) is 6.66. The van der Waals surface area contributed by atoms with Crippen molar-refractivity contribution in [3.05, 3.63) is 0 Å². The van der Waals surface area contributed by atoms with Crippen molar-refractivity contribution in [1.29, 1.82) is 0 Å². The maximum Gasteiger partial charge on any atom is 0.0662 e. The first kappa shape index (κ1) is 12.0. The van der Waals surface area contributed by atoms with Crippen LogP contribution in [0.5, 0.6) is 0 Å². The Morgan fingerprint density at radius 3 is 2.14 bits per heavy atom. The van der Waals surface area contributed by atoms with Gasteiger partial charge in [-0.3, -0.25) is 0 Å². The molecule has 0 bridgehead atoms. The van der Waals surface area contributed by atoms with Crippen LogP contribution >= 0.6 is 0 Å². The van der Waals surface area contributed by atoms with E-state index in [1.54, 1.807) is 0 Å². The van der Waals surface area contributed by atoms with Crippen LogP contribution in [0, 0.1) is 5.92 Å². The molecule has 0 aromatic rings. The zero-order chi connectivity index (χ0) is 10.6. The van der Waals surface area contributed by atoms with Gasteiger partial charge in [0.15, 0.2) is 0 Å². The Hall–Kier alpha value is -0.0800. The number of nitrogens with one attached hydrogen (secondary N) is 1. The summed E-state index contributed by atoms with van der Waals surface area (Å²) >= 11 is 0. The number of hydrogen-bond acceptors (Lipinski definition) is 2. The summed E-state index contributed by atoms with van der Waals surface area (Å²) in [4.78, 5) is 0. The van der Waals surface area contributed by atoms with Gasteiger partial charge in [0.2, 0.25) is 0 Å². The first-order chi connectivity index (χ1) is 6.61. The monoisotopic (exact) mass is 199 g/mol. The highest BCUT2D eigenvalue weighted by Crippen LogP contribution is 2.26. The molecule has 2 heteroatoms. The minimum Gasteiger partial charge on any atom is -0.392 e. The van der Waals surface area contributed by atoms with Crippen molar-refractivity contribution in [3.8, 4) is 0 Å². The van der Waals surface area contributed by atoms with Crippen molar-refractivity contribution in [2.24, 2.45) is 5.92 Å². The minimum absolute atomic E-state index is 0.215. The van der Waals surface area contributed by atoms with Gasteiger partial charge in [-0.15, -0.1) is 0 Å². The van der Waals surface area contributed by atoms with Gasteiger partial charge in [0.05, 0.1) is 6.10 Å². The molecular weight excluding hydrogens is 174 g/mol. The third-order valence-electron chi connectivity index (χ3n) is 3.61. The molecule has 1 rings (SSSR count). The SMILES string of the molecule is CC(O)C(C)N[C@H](C)C1CCCCC1. The molecule has 0 aromatic heterocycles. The summed E-state index contributed by atoms with van der Waals surface area (Å²) in [5, 5.41) is 12.9. The van der Waals surface area contributed by atoms with E-state index in [1.165, 1.54) is 32.1 Å². The average molecular weight is 199 g/mol. The Balaban J connectivity index is 2.28. The molecule has 1 aliphatic rings. The molecule has 0 heterocycles. The number of aliphatic hydroxyl groups excluding tert-OH is 1. The maximum absolute atomic E-state index is 9.41. The van der Waals surface area contributed by atoms with E-state index < -0.39 is 0 Å². The fraction of sp³-hybridized carbons (Fsp3) is 1.00. The fourth-order valence-electron chi connectivity index (χ4n) is 2.32. The Bertz CT molecular complexity index is 152. The van der Waals surface area contributed by atoms with E-state index in [1.807, 2.05) is 6.92 Å². The maximum atomic E-state index is 9.41. The van der Waals surface area contributed by atoms with E-state index >= 15 is 0 Å². The zero-order valence-corrected chi connectivity index (χ0v) is 9.79. The first-order valence-corrected chi connectivity index (χ1v) is 6.05. The summed E-state index contributed by atoms with van der Waals surface area (Å²) < 4.78 is 0. The molecule has 14 heavy (non-hydrogen) atoms. The van der Waals surface area contributed by atoms with E-state index in [0.717, 1.165) is 5.92 Å². The summed E-state index contributed by atoms with van der Waals surface area (Å²) in [5.74, 6) is 0.824. The van der Waals surface area contributed by atoms with Gasteiger partial charge in [0.25, 0.3) is 0 Å². The standard InChI is InChI=1S/C12H25NO/c1-9(11(3)14)13-10(2)12-7-5-4-6-8-12/h9-14H,4-8H2,1-3H3/t9?,10-,11?/m1/s1. The topological polar surface area (TPSA) is 32.3 Å². The van der Waals surface area contributed by atoms with Gasteiger partial charge in [-0.2, -0.15) is 0 Å². The van der Waals surface area contributed by atoms with Crippen LogP contribution in [-0.2, 0) is 0 Å². The molecule has 2 N–H and O–H groups in total. The zero-order valence-electron chi connectivity index (χ0n) is 9.79. The van der Waals surface area contributed by atoms with Gasteiger partial charge in [-0.25, -0.2) is 0 Å². The molecule has 1 fully saturated rings. The second-order valence-electron chi connectivity index (χ2n) is 4.88. The molecule has 2 unspecified atom stereocenters. The average Bonchev–Trinajstić information content (AvgIpc) is 2.19. The number of hydrogen-bond donors (Lipinski definition) is 2. The molecule has 3 atom stereocenters. The smallest absolute Gasteiger partial charge is 0.0662 e. The highest BCUT2D eigenvalue weighted by Gasteiger charge is 2.22. The third kappa shape index (κ3) is 3.58. The van der Waals surface area contributed by atoms with Gasteiger partial charge < -0.3 is 10.4 Å². The van der Waals surface area contributed by atoms with Gasteiger partial charge in [0, 0.05) is 12.1 Å².